The Morgan fingerprint density at radius 3 is 2.47 bits per heavy atom. The third-order valence-electron chi connectivity index (χ3n) is 2.53. The first kappa shape index (κ1) is 13.8. The summed E-state index contributed by atoms with van der Waals surface area (Å²) in [6.07, 6.45) is 1.21. The molecule has 1 rings (SSSR count). The zero-order valence-corrected chi connectivity index (χ0v) is 11.1. The van der Waals surface area contributed by atoms with E-state index in [1.165, 1.54) is 0 Å². The minimum atomic E-state index is -0.296. The van der Waals surface area contributed by atoms with Gasteiger partial charge in [0.25, 0.3) is 0 Å². The highest BCUT2D eigenvalue weighted by Gasteiger charge is 2.09. The smallest absolute Gasteiger partial charge is 0.161 e. The van der Waals surface area contributed by atoms with Gasteiger partial charge in [0.15, 0.2) is 11.5 Å². The number of hydrogen-bond acceptors (Lipinski definition) is 3. The van der Waals surface area contributed by atoms with Gasteiger partial charge in [0.1, 0.15) is 0 Å². The van der Waals surface area contributed by atoms with Gasteiger partial charge in [0.2, 0.25) is 0 Å². The van der Waals surface area contributed by atoms with Gasteiger partial charge in [-0.1, -0.05) is 13.0 Å². The number of ether oxygens (including phenoxy) is 2. The maximum atomic E-state index is 9.64. The molecule has 0 heterocycles. The predicted octanol–water partition coefficient (Wildman–Crippen LogP) is 2.80. The molecule has 0 saturated carbocycles. The fourth-order valence-electron chi connectivity index (χ4n) is 1.61. The van der Waals surface area contributed by atoms with Gasteiger partial charge < -0.3 is 14.6 Å². The van der Waals surface area contributed by atoms with E-state index >= 15 is 0 Å². The molecule has 1 N–H and O–H groups in total. The summed E-state index contributed by atoms with van der Waals surface area (Å²) < 4.78 is 10.9. The normalized spacial score (nSPS) is 12.6. The molecule has 0 saturated heterocycles. The van der Waals surface area contributed by atoms with Crippen molar-refractivity contribution in [3.63, 3.8) is 0 Å². The van der Waals surface area contributed by atoms with E-state index in [0.29, 0.717) is 6.42 Å². The summed E-state index contributed by atoms with van der Waals surface area (Å²) in [5, 5.41) is 9.64. The van der Waals surface area contributed by atoms with Gasteiger partial charge in [0, 0.05) is 0 Å². The van der Waals surface area contributed by atoms with Crippen LogP contribution in [0.5, 0.6) is 11.5 Å². The first-order chi connectivity index (χ1) is 8.06. The topological polar surface area (TPSA) is 38.7 Å². The van der Waals surface area contributed by atoms with Gasteiger partial charge in [-0.15, -0.1) is 0 Å². The summed E-state index contributed by atoms with van der Waals surface area (Å²) in [5.41, 5.74) is 1.07. The summed E-state index contributed by atoms with van der Waals surface area (Å²) in [6, 6.07) is 5.79. The molecule has 0 radical (unpaired) electrons. The fraction of sp³-hybridized carbons (Fsp3) is 0.571. The Morgan fingerprint density at radius 2 is 1.94 bits per heavy atom. The van der Waals surface area contributed by atoms with Crippen LogP contribution in [-0.4, -0.2) is 24.4 Å². The van der Waals surface area contributed by atoms with Crippen LogP contribution in [0.2, 0.25) is 0 Å². The average molecular weight is 238 g/mol. The van der Waals surface area contributed by atoms with E-state index < -0.39 is 0 Å². The minimum Gasteiger partial charge on any atom is -0.493 e. The lowest BCUT2D eigenvalue weighted by Gasteiger charge is -2.15. The molecular formula is C14H22O3. The molecule has 0 aromatic heterocycles. The van der Waals surface area contributed by atoms with Crippen LogP contribution < -0.4 is 9.47 Å². The lowest BCUT2D eigenvalue weighted by atomic mass is 10.1. The first-order valence-corrected chi connectivity index (χ1v) is 6.08. The second-order valence-corrected chi connectivity index (χ2v) is 4.42. The van der Waals surface area contributed by atoms with Crippen LogP contribution in [-0.2, 0) is 6.42 Å². The molecule has 1 aromatic rings. The zero-order chi connectivity index (χ0) is 12.8. The predicted molar refractivity (Wildman–Crippen MR) is 68.8 cm³/mol. The van der Waals surface area contributed by atoms with Gasteiger partial charge >= 0.3 is 0 Å². The molecule has 0 amide bonds. The van der Waals surface area contributed by atoms with Crippen molar-refractivity contribution >= 4 is 0 Å². The van der Waals surface area contributed by atoms with Gasteiger partial charge in [-0.2, -0.15) is 0 Å². The molecule has 1 atom stereocenters. The molecule has 3 heteroatoms. The van der Waals surface area contributed by atoms with Crippen molar-refractivity contribution in [1.82, 2.24) is 0 Å². The van der Waals surface area contributed by atoms with E-state index in [-0.39, 0.29) is 12.2 Å². The number of benzene rings is 1. The molecule has 17 heavy (non-hydrogen) atoms. The second-order valence-electron chi connectivity index (χ2n) is 4.42. The summed E-state index contributed by atoms with van der Waals surface area (Å²) in [6.45, 7) is 5.93. The van der Waals surface area contributed by atoms with Crippen LogP contribution in [0.3, 0.4) is 0 Å². The average Bonchev–Trinajstić information content (AvgIpc) is 2.28. The Labute approximate surface area is 103 Å². The van der Waals surface area contributed by atoms with Crippen molar-refractivity contribution in [1.29, 1.82) is 0 Å². The maximum Gasteiger partial charge on any atom is 0.161 e. The Kier molecular flexibility index (Phi) is 5.29. The van der Waals surface area contributed by atoms with E-state index in [1.54, 1.807) is 7.11 Å². The Morgan fingerprint density at radius 1 is 1.24 bits per heavy atom. The minimum absolute atomic E-state index is 0.107. The maximum absolute atomic E-state index is 9.64. The van der Waals surface area contributed by atoms with Crippen LogP contribution >= 0.6 is 0 Å². The molecule has 1 aromatic carbocycles. The van der Waals surface area contributed by atoms with E-state index in [4.69, 9.17) is 9.47 Å². The van der Waals surface area contributed by atoms with Crippen LogP contribution in [0.25, 0.3) is 0 Å². The molecule has 0 aliphatic carbocycles. The van der Waals surface area contributed by atoms with Crippen molar-refractivity contribution < 1.29 is 14.6 Å². The third kappa shape index (κ3) is 4.27. The van der Waals surface area contributed by atoms with E-state index in [1.807, 2.05) is 39.0 Å². The highest BCUT2D eigenvalue weighted by atomic mass is 16.5. The van der Waals surface area contributed by atoms with Gasteiger partial charge in [-0.05, 0) is 44.4 Å². The lowest BCUT2D eigenvalue weighted by molar-refractivity contribution is 0.170. The number of aliphatic hydroxyl groups is 1. The van der Waals surface area contributed by atoms with Crippen molar-refractivity contribution in [3.05, 3.63) is 23.8 Å². The molecule has 0 fully saturated rings. The summed E-state index contributed by atoms with van der Waals surface area (Å²) >= 11 is 0. The molecule has 0 aliphatic heterocycles. The van der Waals surface area contributed by atoms with E-state index in [9.17, 15) is 5.11 Å². The highest BCUT2D eigenvalue weighted by molar-refractivity contribution is 5.43. The third-order valence-corrected chi connectivity index (χ3v) is 2.53. The van der Waals surface area contributed by atoms with E-state index in [2.05, 4.69) is 0 Å². The molecule has 0 bridgehead atoms. The number of methoxy groups -OCH3 is 1. The van der Waals surface area contributed by atoms with Gasteiger partial charge in [-0.25, -0.2) is 0 Å². The number of rotatable bonds is 6. The van der Waals surface area contributed by atoms with Gasteiger partial charge in [0.05, 0.1) is 19.3 Å². The Balaban J connectivity index is 2.88. The van der Waals surface area contributed by atoms with E-state index in [0.717, 1.165) is 23.5 Å². The molecule has 0 spiro atoms. The number of hydrogen-bond donors (Lipinski definition) is 1. The molecule has 0 aliphatic rings. The number of aliphatic hydroxyl groups excluding tert-OH is 1. The Hall–Kier alpha value is -1.22. The van der Waals surface area contributed by atoms with Crippen molar-refractivity contribution in [2.24, 2.45) is 0 Å². The molecule has 96 valence electrons. The quantitative estimate of drug-likeness (QED) is 0.828. The first-order valence-electron chi connectivity index (χ1n) is 6.08. The molecule has 1 unspecified atom stereocenters. The molecular weight excluding hydrogens is 216 g/mol. The highest BCUT2D eigenvalue weighted by Crippen LogP contribution is 2.29. The van der Waals surface area contributed by atoms with Crippen LogP contribution in [0.1, 0.15) is 32.8 Å². The van der Waals surface area contributed by atoms with Gasteiger partial charge in [-0.3, -0.25) is 0 Å². The standard InChI is InChI=1S/C14H22O3/c1-5-12(15)8-11-6-7-13(16-4)14(9-11)17-10(2)3/h6-7,9-10,12,15H,5,8H2,1-4H3. The monoisotopic (exact) mass is 238 g/mol. The zero-order valence-electron chi connectivity index (χ0n) is 11.1. The van der Waals surface area contributed by atoms with Crippen molar-refractivity contribution in [2.45, 2.75) is 45.8 Å². The largest absolute Gasteiger partial charge is 0.493 e. The summed E-state index contributed by atoms with van der Waals surface area (Å²) in [4.78, 5) is 0. The van der Waals surface area contributed by atoms with Crippen LogP contribution in [0, 0.1) is 0 Å². The lowest BCUT2D eigenvalue weighted by Crippen LogP contribution is -2.10. The molecule has 3 nitrogen and oxygen atoms in total. The van der Waals surface area contributed by atoms with Crippen LogP contribution in [0.4, 0.5) is 0 Å². The second kappa shape index (κ2) is 6.50. The Bertz CT molecular complexity index is 347. The van der Waals surface area contributed by atoms with Crippen molar-refractivity contribution in [2.75, 3.05) is 7.11 Å². The van der Waals surface area contributed by atoms with Crippen LogP contribution in [0.15, 0.2) is 18.2 Å². The summed E-state index contributed by atoms with van der Waals surface area (Å²) in [7, 11) is 1.63. The van der Waals surface area contributed by atoms with Crippen molar-refractivity contribution in [3.8, 4) is 11.5 Å². The summed E-state index contributed by atoms with van der Waals surface area (Å²) in [5.74, 6) is 1.47. The fourth-order valence-corrected chi connectivity index (χ4v) is 1.61. The SMILES string of the molecule is CCC(O)Cc1ccc(OC)c(OC(C)C)c1.